The zero-order valence-electron chi connectivity index (χ0n) is 15.0. The van der Waals surface area contributed by atoms with Crippen molar-refractivity contribution in [3.63, 3.8) is 0 Å². The molecule has 27 heavy (non-hydrogen) atoms. The maximum atomic E-state index is 12.1. The van der Waals surface area contributed by atoms with Gasteiger partial charge >= 0.3 is 5.97 Å². The molecule has 0 radical (unpaired) electrons. The number of carbonyl (C=O) groups is 1. The number of cyclic esters (lactones) is 1. The summed E-state index contributed by atoms with van der Waals surface area (Å²) in [5, 5.41) is 2.27. The number of nitrogens with zero attached hydrogens (tertiary/aromatic N) is 1. The lowest BCUT2D eigenvalue weighted by molar-refractivity contribution is -0.129. The molecule has 0 saturated heterocycles. The highest BCUT2D eigenvalue weighted by atomic mass is 35.5. The minimum absolute atomic E-state index is 0.201. The molecule has 1 aliphatic heterocycles. The molecule has 0 bridgehead atoms. The second kappa shape index (κ2) is 8.41. The number of rotatable bonds is 7. The molecule has 0 atom stereocenters. The van der Waals surface area contributed by atoms with Crippen molar-refractivity contribution in [1.82, 2.24) is 0 Å². The molecule has 3 rings (SSSR count). The van der Waals surface area contributed by atoms with E-state index in [1.54, 1.807) is 18.2 Å². The molecule has 2 aromatic rings. The number of aliphatic imine (C=N–C) groups is 1. The van der Waals surface area contributed by atoms with Crippen molar-refractivity contribution in [3.8, 4) is 11.5 Å². The third kappa shape index (κ3) is 4.59. The third-order valence-corrected chi connectivity index (χ3v) is 4.59. The summed E-state index contributed by atoms with van der Waals surface area (Å²) < 4.78 is 16.6. The molecule has 0 spiro atoms. The number of halogens is 1. The van der Waals surface area contributed by atoms with Gasteiger partial charge in [-0.3, -0.25) is 0 Å². The SMILES string of the molecule is C=C(C)COc1c(Cl)cc(C=C2N=C(c3cccs3)OC2=O)cc1OCC. The van der Waals surface area contributed by atoms with E-state index in [4.69, 9.17) is 25.8 Å². The van der Waals surface area contributed by atoms with E-state index in [0.717, 1.165) is 10.5 Å². The fourth-order valence-electron chi connectivity index (χ4n) is 2.34. The van der Waals surface area contributed by atoms with Crippen molar-refractivity contribution in [1.29, 1.82) is 0 Å². The van der Waals surface area contributed by atoms with Crippen LogP contribution in [0.15, 0.2) is 52.5 Å². The van der Waals surface area contributed by atoms with Gasteiger partial charge < -0.3 is 14.2 Å². The van der Waals surface area contributed by atoms with Crippen molar-refractivity contribution in [2.24, 2.45) is 4.99 Å². The van der Waals surface area contributed by atoms with Gasteiger partial charge in [0.1, 0.15) is 6.61 Å². The van der Waals surface area contributed by atoms with Crippen LogP contribution < -0.4 is 9.47 Å². The molecule has 0 amide bonds. The number of carbonyl (C=O) groups excluding carboxylic acids is 1. The fourth-order valence-corrected chi connectivity index (χ4v) is 3.26. The standard InChI is InChI=1S/C20H18ClNO4S/c1-4-24-16-10-13(8-14(21)18(16)25-11-12(2)3)9-15-20(23)26-19(22-15)17-6-5-7-27-17/h5-10H,2,4,11H2,1,3H3. The Labute approximate surface area is 166 Å². The first kappa shape index (κ1) is 19.2. The Bertz CT molecular complexity index is 932. The molecule has 1 aliphatic rings. The topological polar surface area (TPSA) is 57.1 Å². The molecule has 1 aromatic carbocycles. The highest BCUT2D eigenvalue weighted by molar-refractivity contribution is 7.12. The summed E-state index contributed by atoms with van der Waals surface area (Å²) in [6, 6.07) is 7.16. The van der Waals surface area contributed by atoms with Gasteiger partial charge in [-0.25, -0.2) is 9.79 Å². The van der Waals surface area contributed by atoms with E-state index >= 15 is 0 Å². The van der Waals surface area contributed by atoms with E-state index < -0.39 is 5.97 Å². The van der Waals surface area contributed by atoms with E-state index in [2.05, 4.69) is 11.6 Å². The van der Waals surface area contributed by atoms with Gasteiger partial charge in [-0.05, 0) is 54.6 Å². The van der Waals surface area contributed by atoms with Crippen LogP contribution in [-0.4, -0.2) is 25.1 Å². The quantitative estimate of drug-likeness (QED) is 0.366. The number of thiophene rings is 1. The average Bonchev–Trinajstić information content (AvgIpc) is 3.25. The van der Waals surface area contributed by atoms with E-state index in [1.807, 2.05) is 31.4 Å². The lowest BCUT2D eigenvalue weighted by Gasteiger charge is -2.14. The summed E-state index contributed by atoms with van der Waals surface area (Å²) in [6.45, 7) is 8.33. The minimum atomic E-state index is -0.505. The summed E-state index contributed by atoms with van der Waals surface area (Å²) in [4.78, 5) is 17.2. The zero-order chi connectivity index (χ0) is 19.4. The van der Waals surface area contributed by atoms with Gasteiger partial charge in [0, 0.05) is 0 Å². The number of ether oxygens (including phenoxy) is 3. The van der Waals surface area contributed by atoms with Crippen molar-refractivity contribution in [3.05, 3.63) is 63.0 Å². The molecule has 5 nitrogen and oxygen atoms in total. The van der Waals surface area contributed by atoms with Gasteiger partial charge in [-0.2, -0.15) is 0 Å². The van der Waals surface area contributed by atoms with Gasteiger partial charge in [-0.15, -0.1) is 11.3 Å². The highest BCUT2D eigenvalue weighted by Gasteiger charge is 2.25. The second-order valence-corrected chi connectivity index (χ2v) is 7.18. The Morgan fingerprint density at radius 3 is 2.89 bits per heavy atom. The second-order valence-electron chi connectivity index (χ2n) is 5.82. The molecule has 0 N–H and O–H groups in total. The Balaban J connectivity index is 1.93. The van der Waals surface area contributed by atoms with Crippen LogP contribution in [0, 0.1) is 0 Å². The fraction of sp³-hybridized carbons (Fsp3) is 0.200. The summed E-state index contributed by atoms with van der Waals surface area (Å²) in [5.41, 5.74) is 1.73. The van der Waals surface area contributed by atoms with Gasteiger partial charge in [0.25, 0.3) is 0 Å². The Morgan fingerprint density at radius 2 is 2.22 bits per heavy atom. The van der Waals surface area contributed by atoms with Crippen LogP contribution in [0.25, 0.3) is 6.08 Å². The Morgan fingerprint density at radius 1 is 1.41 bits per heavy atom. The lowest BCUT2D eigenvalue weighted by atomic mass is 10.1. The number of benzene rings is 1. The summed E-state index contributed by atoms with van der Waals surface area (Å²) in [7, 11) is 0. The first-order valence-corrected chi connectivity index (χ1v) is 9.53. The summed E-state index contributed by atoms with van der Waals surface area (Å²) in [6.07, 6.45) is 1.61. The van der Waals surface area contributed by atoms with Crippen LogP contribution in [0.3, 0.4) is 0 Å². The predicted molar refractivity (Wildman–Crippen MR) is 108 cm³/mol. The Hall–Kier alpha value is -2.57. The Kier molecular flexibility index (Phi) is 5.98. The smallest absolute Gasteiger partial charge is 0.363 e. The van der Waals surface area contributed by atoms with Gasteiger partial charge in [0.15, 0.2) is 17.2 Å². The van der Waals surface area contributed by atoms with Crippen molar-refractivity contribution in [2.45, 2.75) is 13.8 Å². The summed E-state index contributed by atoms with van der Waals surface area (Å²) >= 11 is 7.82. The van der Waals surface area contributed by atoms with Crippen molar-refractivity contribution >= 4 is 40.9 Å². The molecule has 0 aliphatic carbocycles. The zero-order valence-corrected chi connectivity index (χ0v) is 16.5. The van der Waals surface area contributed by atoms with Gasteiger partial charge in [-0.1, -0.05) is 24.2 Å². The molecule has 0 unspecified atom stereocenters. The van der Waals surface area contributed by atoms with Crippen molar-refractivity contribution in [2.75, 3.05) is 13.2 Å². The predicted octanol–water partition coefficient (Wildman–Crippen LogP) is 5.10. The van der Waals surface area contributed by atoms with E-state index in [1.165, 1.54) is 11.3 Å². The molecule has 0 saturated carbocycles. The molecular formula is C20H18ClNO4S. The van der Waals surface area contributed by atoms with Crippen LogP contribution in [0.2, 0.25) is 5.02 Å². The van der Waals surface area contributed by atoms with Gasteiger partial charge in [0.2, 0.25) is 5.90 Å². The molecule has 1 aromatic heterocycles. The van der Waals surface area contributed by atoms with Crippen LogP contribution in [-0.2, 0) is 9.53 Å². The van der Waals surface area contributed by atoms with E-state index in [0.29, 0.717) is 41.2 Å². The molecule has 7 heteroatoms. The first-order valence-electron chi connectivity index (χ1n) is 8.28. The average molecular weight is 404 g/mol. The maximum absolute atomic E-state index is 12.1. The van der Waals surface area contributed by atoms with Gasteiger partial charge in [0.05, 0.1) is 16.5 Å². The van der Waals surface area contributed by atoms with Crippen LogP contribution in [0.1, 0.15) is 24.3 Å². The van der Waals surface area contributed by atoms with E-state index in [9.17, 15) is 4.79 Å². The minimum Gasteiger partial charge on any atom is -0.490 e. The number of esters is 1. The lowest BCUT2D eigenvalue weighted by Crippen LogP contribution is -2.04. The first-order chi connectivity index (χ1) is 13.0. The summed E-state index contributed by atoms with van der Waals surface area (Å²) in [5.74, 6) is 0.737. The van der Waals surface area contributed by atoms with Crippen molar-refractivity contribution < 1.29 is 19.0 Å². The van der Waals surface area contributed by atoms with Crippen LogP contribution >= 0.6 is 22.9 Å². The van der Waals surface area contributed by atoms with E-state index in [-0.39, 0.29) is 5.70 Å². The maximum Gasteiger partial charge on any atom is 0.363 e. The van der Waals surface area contributed by atoms with Crippen LogP contribution in [0.4, 0.5) is 0 Å². The molecule has 0 fully saturated rings. The molecular weight excluding hydrogens is 386 g/mol. The largest absolute Gasteiger partial charge is 0.490 e. The van der Waals surface area contributed by atoms with Crippen LogP contribution in [0.5, 0.6) is 11.5 Å². The number of hydrogen-bond acceptors (Lipinski definition) is 6. The molecule has 140 valence electrons. The monoisotopic (exact) mass is 403 g/mol. The highest BCUT2D eigenvalue weighted by Crippen LogP contribution is 2.38. The number of hydrogen-bond donors (Lipinski definition) is 0. The molecule has 2 heterocycles. The third-order valence-electron chi connectivity index (χ3n) is 3.45. The normalized spacial score (nSPS) is 14.9.